The van der Waals surface area contributed by atoms with E-state index in [2.05, 4.69) is 10.3 Å². The minimum Gasteiger partial charge on any atom is -0.379 e. The summed E-state index contributed by atoms with van der Waals surface area (Å²) in [6, 6.07) is 11.0. The number of thiazole rings is 1. The molecule has 1 amide bonds. The van der Waals surface area contributed by atoms with Gasteiger partial charge in [-0.1, -0.05) is 30.3 Å². The summed E-state index contributed by atoms with van der Waals surface area (Å²) in [7, 11) is 0. The summed E-state index contributed by atoms with van der Waals surface area (Å²) in [6.07, 6.45) is -7.61. The van der Waals surface area contributed by atoms with Gasteiger partial charge in [0.15, 0.2) is 6.10 Å². The largest absolute Gasteiger partial charge is 0.418 e. The Morgan fingerprint density at radius 2 is 1.78 bits per heavy atom. The zero-order chi connectivity index (χ0) is 19.6. The third-order valence-electron chi connectivity index (χ3n) is 3.65. The topological polar surface area (TPSA) is 62.2 Å². The van der Waals surface area contributed by atoms with E-state index in [0.717, 1.165) is 17.4 Å². The SMILES string of the molecule is O=C(Nc1ccccc1[C@H](O)C(F)(F)F)c1csc(-c2ccccc2F)n1. The fourth-order valence-electron chi connectivity index (χ4n) is 2.35. The average molecular weight is 396 g/mol. The number of aliphatic hydroxyl groups is 1. The van der Waals surface area contributed by atoms with Crippen molar-refractivity contribution in [3.8, 4) is 10.6 Å². The molecule has 1 atom stereocenters. The molecular weight excluding hydrogens is 384 g/mol. The van der Waals surface area contributed by atoms with Gasteiger partial charge < -0.3 is 10.4 Å². The molecular formula is C18H12F4N2O2S. The number of aliphatic hydroxyl groups excluding tert-OH is 1. The van der Waals surface area contributed by atoms with Crippen molar-refractivity contribution in [2.75, 3.05) is 5.32 Å². The first kappa shape index (κ1) is 19.0. The first-order valence-electron chi connectivity index (χ1n) is 7.63. The molecule has 0 fully saturated rings. The van der Waals surface area contributed by atoms with Gasteiger partial charge >= 0.3 is 6.18 Å². The molecule has 9 heteroatoms. The van der Waals surface area contributed by atoms with Crippen molar-refractivity contribution in [3.05, 3.63) is 71.0 Å². The summed E-state index contributed by atoms with van der Waals surface area (Å²) in [5.41, 5.74) is -0.528. The lowest BCUT2D eigenvalue weighted by Gasteiger charge is -2.18. The molecule has 0 saturated carbocycles. The van der Waals surface area contributed by atoms with Crippen molar-refractivity contribution >= 4 is 22.9 Å². The third kappa shape index (κ3) is 4.15. The summed E-state index contributed by atoms with van der Waals surface area (Å²) < 4.78 is 52.2. The number of aromatic nitrogens is 1. The maximum absolute atomic E-state index is 13.8. The van der Waals surface area contributed by atoms with E-state index in [1.165, 1.54) is 41.8 Å². The Hall–Kier alpha value is -2.78. The van der Waals surface area contributed by atoms with Gasteiger partial charge in [0.25, 0.3) is 5.91 Å². The highest BCUT2D eigenvalue weighted by molar-refractivity contribution is 7.13. The number of anilines is 1. The van der Waals surface area contributed by atoms with Gasteiger partial charge in [-0.3, -0.25) is 4.79 Å². The van der Waals surface area contributed by atoms with Crippen molar-refractivity contribution in [3.63, 3.8) is 0 Å². The standard InChI is InChI=1S/C18H12F4N2O2S/c19-12-7-3-1-5-10(12)17-24-14(9-27-17)16(26)23-13-8-4-2-6-11(13)15(25)18(20,21)22/h1-9,15,25H,(H,23,26)/t15-/m0/s1. The van der Waals surface area contributed by atoms with E-state index < -0.39 is 29.6 Å². The molecule has 27 heavy (non-hydrogen) atoms. The van der Waals surface area contributed by atoms with Crippen molar-refractivity contribution in [1.82, 2.24) is 4.98 Å². The minimum absolute atomic E-state index is 0.0745. The fourth-order valence-corrected chi connectivity index (χ4v) is 3.17. The molecule has 0 radical (unpaired) electrons. The van der Waals surface area contributed by atoms with Crippen LogP contribution in [-0.4, -0.2) is 22.2 Å². The summed E-state index contributed by atoms with van der Waals surface area (Å²) in [6.45, 7) is 0. The zero-order valence-electron chi connectivity index (χ0n) is 13.5. The molecule has 140 valence electrons. The zero-order valence-corrected chi connectivity index (χ0v) is 14.3. The molecule has 0 bridgehead atoms. The first-order valence-corrected chi connectivity index (χ1v) is 8.51. The summed E-state index contributed by atoms with van der Waals surface area (Å²) in [4.78, 5) is 16.4. The number of para-hydroxylation sites is 1. The van der Waals surface area contributed by atoms with Crippen molar-refractivity contribution in [2.45, 2.75) is 12.3 Å². The van der Waals surface area contributed by atoms with Gasteiger partial charge in [0.05, 0.1) is 0 Å². The molecule has 2 aromatic carbocycles. The van der Waals surface area contributed by atoms with E-state index in [9.17, 15) is 27.5 Å². The molecule has 1 aromatic heterocycles. The lowest BCUT2D eigenvalue weighted by molar-refractivity contribution is -0.206. The second-order valence-electron chi connectivity index (χ2n) is 5.50. The van der Waals surface area contributed by atoms with Gasteiger partial charge in [-0.2, -0.15) is 13.2 Å². The van der Waals surface area contributed by atoms with Crippen molar-refractivity contribution in [2.24, 2.45) is 0 Å². The summed E-state index contributed by atoms with van der Waals surface area (Å²) >= 11 is 1.03. The molecule has 1 heterocycles. The van der Waals surface area contributed by atoms with Crippen LogP contribution in [0.1, 0.15) is 22.2 Å². The molecule has 3 rings (SSSR count). The third-order valence-corrected chi connectivity index (χ3v) is 4.53. The average Bonchev–Trinajstić information content (AvgIpc) is 3.11. The number of hydrogen-bond donors (Lipinski definition) is 2. The number of rotatable bonds is 4. The monoisotopic (exact) mass is 396 g/mol. The number of alkyl halides is 3. The van der Waals surface area contributed by atoms with Crippen LogP contribution in [0, 0.1) is 5.82 Å². The van der Waals surface area contributed by atoms with Crippen LogP contribution in [0.2, 0.25) is 0 Å². The molecule has 0 aliphatic heterocycles. The minimum atomic E-state index is -4.88. The Labute approximate surface area is 155 Å². The lowest BCUT2D eigenvalue weighted by Crippen LogP contribution is -2.22. The van der Waals surface area contributed by atoms with Gasteiger partial charge in [-0.25, -0.2) is 9.37 Å². The maximum atomic E-state index is 13.8. The quantitative estimate of drug-likeness (QED) is 0.623. The van der Waals surface area contributed by atoms with E-state index in [1.807, 2.05) is 0 Å². The number of halogens is 4. The molecule has 0 aliphatic rings. The summed E-state index contributed by atoms with van der Waals surface area (Å²) in [5, 5.41) is 13.4. The number of carbonyl (C=O) groups excluding carboxylic acids is 1. The van der Waals surface area contributed by atoms with Crippen LogP contribution in [0.15, 0.2) is 53.9 Å². The lowest BCUT2D eigenvalue weighted by atomic mass is 10.1. The van der Waals surface area contributed by atoms with Crippen molar-refractivity contribution in [1.29, 1.82) is 0 Å². The van der Waals surface area contributed by atoms with Gasteiger partial charge in [0.2, 0.25) is 0 Å². The van der Waals surface area contributed by atoms with Crippen LogP contribution in [0.25, 0.3) is 10.6 Å². The maximum Gasteiger partial charge on any atom is 0.418 e. The first-order chi connectivity index (χ1) is 12.8. The Bertz CT molecular complexity index is 972. The van der Waals surface area contributed by atoms with E-state index in [-0.39, 0.29) is 22.0 Å². The van der Waals surface area contributed by atoms with Gasteiger partial charge in [0.1, 0.15) is 16.5 Å². The fraction of sp³-hybridized carbons (Fsp3) is 0.111. The molecule has 3 aromatic rings. The van der Waals surface area contributed by atoms with Crippen LogP contribution in [0.4, 0.5) is 23.2 Å². The molecule has 0 spiro atoms. The normalized spacial score (nSPS) is 12.6. The number of amides is 1. The number of nitrogens with one attached hydrogen (secondary N) is 1. The van der Waals surface area contributed by atoms with E-state index in [4.69, 9.17) is 0 Å². The summed E-state index contributed by atoms with van der Waals surface area (Å²) in [5.74, 6) is -1.27. The van der Waals surface area contributed by atoms with Gasteiger partial charge in [-0.05, 0) is 18.2 Å². The van der Waals surface area contributed by atoms with Crippen molar-refractivity contribution < 1.29 is 27.5 Å². The number of carbonyl (C=O) groups is 1. The molecule has 0 unspecified atom stereocenters. The highest BCUT2D eigenvalue weighted by Crippen LogP contribution is 2.36. The van der Waals surface area contributed by atoms with Crippen LogP contribution in [0.3, 0.4) is 0 Å². The molecule has 2 N–H and O–H groups in total. The van der Waals surface area contributed by atoms with Crippen LogP contribution >= 0.6 is 11.3 Å². The highest BCUT2D eigenvalue weighted by Gasteiger charge is 2.40. The van der Waals surface area contributed by atoms with Crippen LogP contribution in [-0.2, 0) is 0 Å². The predicted molar refractivity (Wildman–Crippen MR) is 92.9 cm³/mol. The van der Waals surface area contributed by atoms with Crippen LogP contribution in [0.5, 0.6) is 0 Å². The Morgan fingerprint density at radius 3 is 2.48 bits per heavy atom. The number of benzene rings is 2. The van der Waals surface area contributed by atoms with Crippen LogP contribution < -0.4 is 5.32 Å². The Morgan fingerprint density at radius 1 is 1.11 bits per heavy atom. The van der Waals surface area contributed by atoms with E-state index >= 15 is 0 Å². The van der Waals surface area contributed by atoms with E-state index in [0.29, 0.717) is 0 Å². The van der Waals surface area contributed by atoms with Gasteiger partial charge in [0, 0.05) is 22.2 Å². The predicted octanol–water partition coefficient (Wildman–Crippen LogP) is 4.80. The van der Waals surface area contributed by atoms with E-state index in [1.54, 1.807) is 6.07 Å². The number of hydrogen-bond acceptors (Lipinski definition) is 4. The number of nitrogens with zero attached hydrogens (tertiary/aromatic N) is 1. The highest BCUT2D eigenvalue weighted by atomic mass is 32.1. The second kappa shape index (κ2) is 7.45. The smallest absolute Gasteiger partial charge is 0.379 e. The molecule has 4 nitrogen and oxygen atoms in total. The Balaban J connectivity index is 1.85. The molecule has 0 aliphatic carbocycles. The molecule has 0 saturated heterocycles. The second-order valence-corrected chi connectivity index (χ2v) is 6.36. The Kier molecular flexibility index (Phi) is 5.24. The van der Waals surface area contributed by atoms with Gasteiger partial charge in [-0.15, -0.1) is 11.3 Å².